The maximum atomic E-state index is 13.1. The highest BCUT2D eigenvalue weighted by Crippen LogP contribution is 2.29. The van der Waals surface area contributed by atoms with Crippen LogP contribution in [-0.2, 0) is 23.0 Å². The fourth-order valence-corrected chi connectivity index (χ4v) is 4.79. The Bertz CT molecular complexity index is 757. The summed E-state index contributed by atoms with van der Waals surface area (Å²) in [6, 6.07) is 5.43. The summed E-state index contributed by atoms with van der Waals surface area (Å²) in [5.41, 5.74) is 1.04. The topological polar surface area (TPSA) is 37.4 Å². The van der Waals surface area contributed by atoms with Gasteiger partial charge < -0.3 is 0 Å². The van der Waals surface area contributed by atoms with Crippen LogP contribution in [0.5, 0.6) is 0 Å². The third-order valence-corrected chi connectivity index (χ3v) is 6.46. The smallest absolute Gasteiger partial charge is 0.207 e. The molecule has 0 unspecified atom stereocenters. The van der Waals surface area contributed by atoms with Gasteiger partial charge in [-0.2, -0.15) is 4.31 Å². The van der Waals surface area contributed by atoms with E-state index < -0.39 is 15.8 Å². The molecule has 0 atom stereocenters. The van der Waals surface area contributed by atoms with Gasteiger partial charge in [0, 0.05) is 18.0 Å². The predicted molar refractivity (Wildman–Crippen MR) is 77.0 cm³/mol. The Labute approximate surface area is 125 Å². The van der Waals surface area contributed by atoms with E-state index in [1.54, 1.807) is 11.3 Å². The van der Waals surface area contributed by atoms with Crippen LogP contribution in [0.2, 0.25) is 5.02 Å². The zero-order chi connectivity index (χ0) is 14.3. The molecule has 3 rings (SSSR count). The van der Waals surface area contributed by atoms with Gasteiger partial charge in [-0.1, -0.05) is 11.6 Å². The van der Waals surface area contributed by atoms with Crippen molar-refractivity contribution >= 4 is 33.0 Å². The molecule has 7 heteroatoms. The molecule has 3 nitrogen and oxygen atoms in total. The molecule has 1 aromatic heterocycles. The average molecular weight is 332 g/mol. The molecule has 20 heavy (non-hydrogen) atoms. The molecule has 2 aromatic rings. The van der Waals surface area contributed by atoms with Crippen molar-refractivity contribution < 1.29 is 12.8 Å². The van der Waals surface area contributed by atoms with Gasteiger partial charge in [-0.15, -0.1) is 11.3 Å². The van der Waals surface area contributed by atoms with E-state index in [1.165, 1.54) is 15.2 Å². The van der Waals surface area contributed by atoms with Crippen molar-refractivity contribution in [3.05, 3.63) is 50.9 Å². The summed E-state index contributed by atoms with van der Waals surface area (Å²) < 4.78 is 39.6. The van der Waals surface area contributed by atoms with Crippen molar-refractivity contribution in [3.63, 3.8) is 0 Å². The zero-order valence-electron chi connectivity index (χ0n) is 10.3. The van der Waals surface area contributed by atoms with E-state index in [0.717, 1.165) is 17.7 Å². The largest absolute Gasteiger partial charge is 0.243 e. The Morgan fingerprint density at radius 1 is 1.30 bits per heavy atom. The highest BCUT2D eigenvalue weighted by atomic mass is 35.5. The lowest BCUT2D eigenvalue weighted by Gasteiger charge is -2.26. The van der Waals surface area contributed by atoms with Crippen molar-refractivity contribution in [2.75, 3.05) is 6.54 Å². The third kappa shape index (κ3) is 2.37. The summed E-state index contributed by atoms with van der Waals surface area (Å²) in [6.45, 7) is 0.793. The fourth-order valence-electron chi connectivity index (χ4n) is 2.21. The highest BCUT2D eigenvalue weighted by Gasteiger charge is 2.29. The monoisotopic (exact) mass is 331 g/mol. The molecule has 0 amide bonds. The van der Waals surface area contributed by atoms with Crippen LogP contribution in [0.15, 0.2) is 34.5 Å². The van der Waals surface area contributed by atoms with Crippen LogP contribution in [0.25, 0.3) is 0 Å². The first-order valence-electron chi connectivity index (χ1n) is 5.99. The van der Waals surface area contributed by atoms with Crippen LogP contribution >= 0.6 is 22.9 Å². The first kappa shape index (κ1) is 14.0. The first-order chi connectivity index (χ1) is 9.48. The van der Waals surface area contributed by atoms with E-state index in [2.05, 4.69) is 0 Å². The van der Waals surface area contributed by atoms with E-state index in [9.17, 15) is 12.8 Å². The standard InChI is InChI=1S/C13H11ClFNO2S2/c14-11-7-10(1-2-12(11)15)20(17,18)16-5-3-13-9(8-16)4-6-19-13/h1-2,4,6-7H,3,5,8H2. The molecule has 0 spiro atoms. The Balaban J connectivity index is 1.95. The minimum atomic E-state index is -3.64. The van der Waals surface area contributed by atoms with Crippen molar-refractivity contribution in [2.45, 2.75) is 17.9 Å². The summed E-state index contributed by atoms with van der Waals surface area (Å²) in [7, 11) is -3.64. The Morgan fingerprint density at radius 3 is 2.85 bits per heavy atom. The molecule has 2 heterocycles. The molecular formula is C13H11ClFNO2S2. The maximum absolute atomic E-state index is 13.1. The van der Waals surface area contributed by atoms with Crippen molar-refractivity contribution in [3.8, 4) is 0 Å². The second-order valence-electron chi connectivity index (χ2n) is 4.53. The molecule has 0 bridgehead atoms. The number of thiophene rings is 1. The third-order valence-electron chi connectivity index (χ3n) is 3.30. The second-order valence-corrected chi connectivity index (χ2v) is 7.88. The summed E-state index contributed by atoms with van der Waals surface area (Å²) in [6.07, 6.45) is 0.709. The maximum Gasteiger partial charge on any atom is 0.243 e. The SMILES string of the molecule is O=S(=O)(c1ccc(F)c(Cl)c1)N1CCc2sccc2C1. The van der Waals surface area contributed by atoms with Gasteiger partial charge in [0.1, 0.15) is 5.82 Å². The second kappa shape index (κ2) is 5.11. The molecule has 0 radical (unpaired) electrons. The average Bonchev–Trinajstić information content (AvgIpc) is 2.89. The summed E-state index contributed by atoms with van der Waals surface area (Å²) in [4.78, 5) is 1.26. The number of benzene rings is 1. The number of halogens is 2. The molecule has 0 aliphatic carbocycles. The highest BCUT2D eigenvalue weighted by molar-refractivity contribution is 7.89. The number of rotatable bonds is 2. The van der Waals surface area contributed by atoms with Crippen LogP contribution < -0.4 is 0 Å². The zero-order valence-corrected chi connectivity index (χ0v) is 12.7. The van der Waals surface area contributed by atoms with Crippen LogP contribution in [-0.4, -0.2) is 19.3 Å². The molecule has 1 aliphatic heterocycles. The van der Waals surface area contributed by atoms with Crippen molar-refractivity contribution in [1.29, 1.82) is 0 Å². The van der Waals surface area contributed by atoms with Crippen molar-refractivity contribution in [1.82, 2.24) is 4.31 Å². The number of hydrogen-bond donors (Lipinski definition) is 0. The van der Waals surface area contributed by atoms with Gasteiger partial charge >= 0.3 is 0 Å². The lowest BCUT2D eigenvalue weighted by Crippen LogP contribution is -2.35. The summed E-state index contributed by atoms with van der Waals surface area (Å²) in [5, 5.41) is 1.79. The number of sulfonamides is 1. The predicted octanol–water partition coefficient (Wildman–Crippen LogP) is 3.29. The number of fused-ring (bicyclic) bond motifs is 1. The molecule has 1 aromatic carbocycles. The molecule has 0 fully saturated rings. The molecule has 0 saturated carbocycles. The fraction of sp³-hybridized carbons (Fsp3) is 0.231. The van der Waals surface area contributed by atoms with Gasteiger partial charge in [-0.05, 0) is 41.6 Å². The minimum absolute atomic E-state index is 0.0302. The first-order valence-corrected chi connectivity index (χ1v) is 8.69. The van der Waals surface area contributed by atoms with Gasteiger partial charge in [0.15, 0.2) is 0 Å². The number of nitrogens with zero attached hydrogens (tertiary/aromatic N) is 1. The Morgan fingerprint density at radius 2 is 2.10 bits per heavy atom. The van der Waals surface area contributed by atoms with Gasteiger partial charge in [0.05, 0.1) is 9.92 Å². The lowest BCUT2D eigenvalue weighted by molar-refractivity contribution is 0.394. The van der Waals surface area contributed by atoms with Crippen LogP contribution in [0.3, 0.4) is 0 Å². The lowest BCUT2D eigenvalue weighted by atomic mass is 10.1. The van der Waals surface area contributed by atoms with E-state index in [1.807, 2.05) is 11.4 Å². The normalized spacial score (nSPS) is 16.1. The van der Waals surface area contributed by atoms with Gasteiger partial charge in [-0.3, -0.25) is 0 Å². The van der Waals surface area contributed by atoms with E-state index in [-0.39, 0.29) is 9.92 Å². The molecule has 0 N–H and O–H groups in total. The van der Waals surface area contributed by atoms with E-state index in [0.29, 0.717) is 19.5 Å². The number of hydrogen-bond acceptors (Lipinski definition) is 3. The Hall–Kier alpha value is -0.950. The molecule has 0 saturated heterocycles. The Kier molecular flexibility index (Phi) is 3.58. The van der Waals surface area contributed by atoms with Gasteiger partial charge in [-0.25, -0.2) is 12.8 Å². The minimum Gasteiger partial charge on any atom is -0.207 e. The van der Waals surface area contributed by atoms with Crippen LogP contribution in [0, 0.1) is 5.82 Å². The van der Waals surface area contributed by atoms with E-state index in [4.69, 9.17) is 11.6 Å². The van der Waals surface area contributed by atoms with Crippen molar-refractivity contribution in [2.24, 2.45) is 0 Å². The molecule has 106 valence electrons. The van der Waals surface area contributed by atoms with Gasteiger partial charge in [0.2, 0.25) is 10.0 Å². The van der Waals surface area contributed by atoms with E-state index >= 15 is 0 Å². The van der Waals surface area contributed by atoms with Crippen LogP contribution in [0.1, 0.15) is 10.4 Å². The molecule has 1 aliphatic rings. The summed E-state index contributed by atoms with van der Waals surface area (Å²) in [5.74, 6) is -0.621. The van der Waals surface area contributed by atoms with Crippen LogP contribution in [0.4, 0.5) is 4.39 Å². The summed E-state index contributed by atoms with van der Waals surface area (Å²) >= 11 is 7.31. The quantitative estimate of drug-likeness (QED) is 0.847. The molecular weight excluding hydrogens is 321 g/mol. The van der Waals surface area contributed by atoms with Gasteiger partial charge in [0.25, 0.3) is 0 Å².